The molecule has 0 unspecified atom stereocenters. The van der Waals surface area contributed by atoms with Crippen molar-refractivity contribution in [2.24, 2.45) is 5.41 Å². The van der Waals surface area contributed by atoms with Crippen LogP contribution in [-0.4, -0.2) is 38.1 Å². The van der Waals surface area contributed by atoms with Crippen molar-refractivity contribution in [2.75, 3.05) is 18.4 Å². The molecule has 0 aromatic heterocycles. The highest BCUT2D eigenvalue weighted by molar-refractivity contribution is 7.89. The predicted molar refractivity (Wildman–Crippen MR) is 114 cm³/mol. The molecule has 1 amide bonds. The number of rotatable bonds is 6. The number of amides is 1. The average molecular weight is 471 g/mol. The van der Waals surface area contributed by atoms with Gasteiger partial charge < -0.3 is 10.1 Å². The number of nitrogens with zero attached hydrogens (tertiary/aromatic N) is 1. The van der Waals surface area contributed by atoms with Gasteiger partial charge in [-0.1, -0.05) is 38.1 Å². The highest BCUT2D eigenvalue weighted by atomic mass is 32.2. The molecule has 32 heavy (non-hydrogen) atoms. The number of anilines is 1. The summed E-state index contributed by atoms with van der Waals surface area (Å²) in [6, 6.07) is 12.1. The van der Waals surface area contributed by atoms with Crippen molar-refractivity contribution in [1.29, 1.82) is 0 Å². The SMILES string of the molecule is CCc1ccc(NC(=O)C2(C)CCN(S(=O)(=O)c3ccccc3OC(F)(F)F)CC2)cc1. The Morgan fingerprint density at radius 2 is 1.69 bits per heavy atom. The third-order valence-corrected chi connectivity index (χ3v) is 7.62. The number of carbonyl (C=O) groups excluding carboxylic acids is 1. The van der Waals surface area contributed by atoms with Crippen LogP contribution in [0.5, 0.6) is 5.75 Å². The van der Waals surface area contributed by atoms with Gasteiger partial charge >= 0.3 is 6.36 Å². The summed E-state index contributed by atoms with van der Waals surface area (Å²) in [5.41, 5.74) is 0.987. The molecule has 1 aliphatic heterocycles. The monoisotopic (exact) mass is 470 g/mol. The summed E-state index contributed by atoms with van der Waals surface area (Å²) in [5.74, 6) is -0.999. The Labute approximate surface area is 185 Å². The topological polar surface area (TPSA) is 75.7 Å². The molecule has 0 bridgehead atoms. The van der Waals surface area contributed by atoms with E-state index in [9.17, 15) is 26.4 Å². The van der Waals surface area contributed by atoms with Crippen molar-refractivity contribution >= 4 is 21.6 Å². The lowest BCUT2D eigenvalue weighted by molar-refractivity contribution is -0.275. The fourth-order valence-electron chi connectivity index (χ4n) is 3.56. The number of ether oxygens (including phenoxy) is 1. The summed E-state index contributed by atoms with van der Waals surface area (Å²) in [5, 5.41) is 2.87. The Bertz CT molecular complexity index is 1060. The smallest absolute Gasteiger partial charge is 0.404 e. The number of hydrogen-bond acceptors (Lipinski definition) is 4. The molecule has 174 valence electrons. The van der Waals surface area contributed by atoms with Crippen LogP contribution in [-0.2, 0) is 21.2 Å². The van der Waals surface area contributed by atoms with Crippen molar-refractivity contribution < 1.29 is 31.1 Å². The van der Waals surface area contributed by atoms with Crippen LogP contribution in [0.15, 0.2) is 53.4 Å². The summed E-state index contributed by atoms with van der Waals surface area (Å²) in [4.78, 5) is 12.3. The molecule has 10 heteroatoms. The second kappa shape index (κ2) is 9.11. The number of sulfonamides is 1. The second-order valence-electron chi connectivity index (χ2n) is 7.96. The van der Waals surface area contributed by atoms with E-state index in [1.54, 1.807) is 6.92 Å². The standard InChI is InChI=1S/C22H25F3N2O4S/c1-3-16-8-10-17(11-9-16)26-20(28)21(2)12-14-27(15-13-21)32(29,30)19-7-5-4-6-18(19)31-22(23,24)25/h4-11H,3,12-15H2,1-2H3,(H,26,28). The Balaban J connectivity index is 1.71. The zero-order valence-electron chi connectivity index (χ0n) is 17.8. The van der Waals surface area contributed by atoms with E-state index in [1.165, 1.54) is 12.1 Å². The third-order valence-electron chi connectivity index (χ3n) is 5.69. The molecule has 1 aliphatic rings. The van der Waals surface area contributed by atoms with E-state index in [2.05, 4.69) is 10.1 Å². The van der Waals surface area contributed by atoms with Gasteiger partial charge in [-0.15, -0.1) is 13.2 Å². The Hall–Kier alpha value is -2.59. The van der Waals surface area contributed by atoms with Crippen LogP contribution in [0.4, 0.5) is 18.9 Å². The molecule has 0 atom stereocenters. The van der Waals surface area contributed by atoms with E-state index in [0.717, 1.165) is 28.4 Å². The van der Waals surface area contributed by atoms with Crippen LogP contribution in [0.3, 0.4) is 0 Å². The van der Waals surface area contributed by atoms with Crippen LogP contribution < -0.4 is 10.1 Å². The summed E-state index contributed by atoms with van der Waals surface area (Å²) >= 11 is 0. The maximum atomic E-state index is 13.0. The van der Waals surface area contributed by atoms with Gasteiger partial charge in [-0.25, -0.2) is 8.42 Å². The number of piperidine rings is 1. The van der Waals surface area contributed by atoms with Crippen molar-refractivity contribution in [3.63, 3.8) is 0 Å². The lowest BCUT2D eigenvalue weighted by atomic mass is 9.80. The number of benzene rings is 2. The van der Waals surface area contributed by atoms with Gasteiger partial charge in [0.25, 0.3) is 0 Å². The molecule has 1 fully saturated rings. The van der Waals surface area contributed by atoms with Crippen LogP contribution in [0, 0.1) is 5.41 Å². The molecule has 2 aromatic carbocycles. The number of halogens is 3. The second-order valence-corrected chi connectivity index (χ2v) is 9.87. The molecule has 0 saturated carbocycles. The maximum absolute atomic E-state index is 13.0. The first-order valence-corrected chi connectivity index (χ1v) is 11.6. The minimum Gasteiger partial charge on any atom is -0.404 e. The lowest BCUT2D eigenvalue weighted by Crippen LogP contribution is -2.46. The number of hydrogen-bond donors (Lipinski definition) is 1. The number of para-hydroxylation sites is 1. The van der Waals surface area contributed by atoms with Crippen LogP contribution in [0.2, 0.25) is 0 Å². The molecule has 2 aromatic rings. The fourth-order valence-corrected chi connectivity index (χ4v) is 5.12. The lowest BCUT2D eigenvalue weighted by Gasteiger charge is -2.37. The Kier molecular flexibility index (Phi) is 6.85. The molecule has 0 spiro atoms. The quantitative estimate of drug-likeness (QED) is 0.671. The third kappa shape index (κ3) is 5.42. The summed E-state index contributed by atoms with van der Waals surface area (Å²) in [6.07, 6.45) is -3.67. The molecule has 1 heterocycles. The largest absolute Gasteiger partial charge is 0.573 e. The number of carbonyl (C=O) groups is 1. The van der Waals surface area contributed by atoms with Crippen molar-refractivity contribution in [3.05, 3.63) is 54.1 Å². The highest BCUT2D eigenvalue weighted by Gasteiger charge is 2.42. The van der Waals surface area contributed by atoms with Gasteiger partial charge in [0.15, 0.2) is 0 Å². The molecule has 0 radical (unpaired) electrons. The van der Waals surface area contributed by atoms with Gasteiger partial charge in [-0.05, 0) is 49.1 Å². The minimum absolute atomic E-state index is 0.00137. The van der Waals surface area contributed by atoms with E-state index in [0.29, 0.717) is 5.69 Å². The normalized spacial score (nSPS) is 17.0. The average Bonchev–Trinajstić information content (AvgIpc) is 2.73. The number of nitrogens with one attached hydrogen (secondary N) is 1. The van der Waals surface area contributed by atoms with Gasteiger partial charge in [0, 0.05) is 24.2 Å². The first-order chi connectivity index (χ1) is 14.9. The fraction of sp³-hybridized carbons (Fsp3) is 0.409. The van der Waals surface area contributed by atoms with Crippen LogP contribution >= 0.6 is 0 Å². The molecule has 6 nitrogen and oxygen atoms in total. The zero-order valence-corrected chi connectivity index (χ0v) is 18.6. The van der Waals surface area contributed by atoms with Crippen molar-refractivity contribution in [3.8, 4) is 5.75 Å². The van der Waals surface area contributed by atoms with E-state index in [-0.39, 0.29) is 31.8 Å². The van der Waals surface area contributed by atoms with Crippen LogP contribution in [0.1, 0.15) is 32.3 Å². The zero-order chi connectivity index (χ0) is 23.6. The highest BCUT2D eigenvalue weighted by Crippen LogP contribution is 2.37. The maximum Gasteiger partial charge on any atom is 0.573 e. The van der Waals surface area contributed by atoms with Crippen LogP contribution in [0.25, 0.3) is 0 Å². The van der Waals surface area contributed by atoms with Crippen molar-refractivity contribution in [1.82, 2.24) is 4.31 Å². The van der Waals surface area contributed by atoms with Gasteiger partial charge in [0.05, 0.1) is 0 Å². The molecular weight excluding hydrogens is 445 g/mol. The first-order valence-electron chi connectivity index (χ1n) is 10.2. The van der Waals surface area contributed by atoms with Gasteiger partial charge in [-0.3, -0.25) is 4.79 Å². The van der Waals surface area contributed by atoms with Gasteiger partial charge in [0.2, 0.25) is 15.9 Å². The first kappa shape index (κ1) is 24.1. The predicted octanol–water partition coefficient (Wildman–Crippen LogP) is 4.58. The minimum atomic E-state index is -5.01. The molecular formula is C22H25F3N2O4S. The summed E-state index contributed by atoms with van der Waals surface area (Å²) < 4.78 is 69.1. The van der Waals surface area contributed by atoms with Gasteiger partial charge in [-0.2, -0.15) is 4.31 Å². The van der Waals surface area contributed by atoms with Crippen molar-refractivity contribution in [2.45, 2.75) is 44.4 Å². The number of aryl methyl sites for hydroxylation is 1. The Morgan fingerprint density at radius 3 is 2.25 bits per heavy atom. The number of alkyl halides is 3. The van der Waals surface area contributed by atoms with E-state index < -0.39 is 32.4 Å². The Morgan fingerprint density at radius 1 is 1.09 bits per heavy atom. The summed E-state index contributed by atoms with van der Waals surface area (Å²) in [7, 11) is -4.23. The van der Waals surface area contributed by atoms with E-state index in [1.807, 2.05) is 31.2 Å². The van der Waals surface area contributed by atoms with E-state index >= 15 is 0 Å². The van der Waals surface area contributed by atoms with E-state index in [4.69, 9.17) is 0 Å². The molecule has 1 saturated heterocycles. The summed E-state index contributed by atoms with van der Waals surface area (Å²) in [6.45, 7) is 3.79. The van der Waals surface area contributed by atoms with Gasteiger partial charge in [0.1, 0.15) is 10.6 Å². The molecule has 1 N–H and O–H groups in total. The molecule has 0 aliphatic carbocycles. The molecule has 3 rings (SSSR count).